The number of aromatic nitrogens is 4. The van der Waals surface area contributed by atoms with Crippen LogP contribution in [-0.2, 0) is 39.8 Å². The number of carbonyl (C=O) groups excluding carboxylic acids is 3. The molecular formula is C41H64FN7O9. The number of rotatable bonds is 11. The molecule has 0 radical (unpaired) electrons. The number of aliphatic hydroxyl groups excluding tert-OH is 1. The summed E-state index contributed by atoms with van der Waals surface area (Å²) >= 11 is 0. The maximum atomic E-state index is 16.7. The highest BCUT2D eigenvalue weighted by atomic mass is 19.1. The first-order valence-electron chi connectivity index (χ1n) is 20.5. The zero-order chi connectivity index (χ0) is 42.6. The molecule has 12 atom stereocenters. The third kappa shape index (κ3) is 9.87. The number of likely N-dealkylation sites (N-methyl/N-ethyl adjacent to an activating group) is 1. The van der Waals surface area contributed by atoms with Crippen LogP contribution in [0.1, 0.15) is 87.0 Å². The Morgan fingerprint density at radius 3 is 2.47 bits per heavy atom. The van der Waals surface area contributed by atoms with Gasteiger partial charge in [-0.05, 0) is 105 Å². The van der Waals surface area contributed by atoms with Gasteiger partial charge < -0.3 is 39.0 Å². The summed E-state index contributed by atoms with van der Waals surface area (Å²) in [6.07, 6.45) is -0.0233. The van der Waals surface area contributed by atoms with E-state index in [0.29, 0.717) is 51.0 Å². The van der Waals surface area contributed by atoms with Gasteiger partial charge in [-0.1, -0.05) is 25.1 Å². The lowest BCUT2D eigenvalue weighted by Crippen LogP contribution is -2.61. The summed E-state index contributed by atoms with van der Waals surface area (Å²) in [7, 11) is 5.19. The second-order valence-corrected chi connectivity index (χ2v) is 17.1. The van der Waals surface area contributed by atoms with Gasteiger partial charge in [0.1, 0.15) is 17.9 Å². The van der Waals surface area contributed by atoms with Crippen molar-refractivity contribution in [3.8, 4) is 11.4 Å². The fourth-order valence-electron chi connectivity index (χ4n) is 8.73. The van der Waals surface area contributed by atoms with E-state index in [1.54, 1.807) is 36.5 Å². The number of ketones is 1. The van der Waals surface area contributed by atoms with Gasteiger partial charge in [-0.2, -0.15) is 0 Å². The Hall–Kier alpha value is -3.61. The number of pyridine rings is 1. The number of ether oxygens (including phenoxy) is 5. The van der Waals surface area contributed by atoms with Crippen LogP contribution in [0.15, 0.2) is 30.6 Å². The lowest BCUT2D eigenvalue weighted by molar-refractivity contribution is -0.289. The van der Waals surface area contributed by atoms with Crippen LogP contribution in [0, 0.1) is 5.92 Å². The van der Waals surface area contributed by atoms with E-state index < -0.39 is 71.8 Å². The van der Waals surface area contributed by atoms with Crippen molar-refractivity contribution in [2.75, 3.05) is 34.3 Å². The second kappa shape index (κ2) is 18.8. The Morgan fingerprint density at radius 2 is 1.81 bits per heavy atom. The number of methoxy groups -OCH3 is 1. The van der Waals surface area contributed by atoms with Gasteiger partial charge in [0, 0.05) is 44.9 Å². The molecule has 16 nitrogen and oxygen atoms in total. The SMILES string of the molecule is CC[C@H]1OC(=O)[C@](C)(F)C(=O)C[C@@H](O[C@@H]2O[C@H](C)CC(N(C)C)C2O)[C@](C)(OC)C[C@@H](C)CN[C@H](C)[C@H]2N(CCCCn3cc(-c4ccccn4)nn3)C(=O)O[C@]12C. The average Bonchev–Trinajstić information content (AvgIpc) is 3.76. The van der Waals surface area contributed by atoms with E-state index in [9.17, 15) is 19.5 Å². The highest BCUT2D eigenvalue weighted by Gasteiger charge is 2.59. The normalized spacial score (nSPS) is 36.9. The van der Waals surface area contributed by atoms with Gasteiger partial charge in [0.15, 0.2) is 17.7 Å². The van der Waals surface area contributed by atoms with Crippen LogP contribution in [0.4, 0.5) is 9.18 Å². The summed E-state index contributed by atoms with van der Waals surface area (Å²) in [6.45, 7) is 13.3. The van der Waals surface area contributed by atoms with E-state index in [4.69, 9.17) is 23.7 Å². The molecule has 3 fully saturated rings. The summed E-state index contributed by atoms with van der Waals surface area (Å²) in [5, 5.41) is 23.4. The van der Waals surface area contributed by atoms with Crippen molar-refractivity contribution in [3.63, 3.8) is 0 Å². The van der Waals surface area contributed by atoms with Crippen LogP contribution in [0.3, 0.4) is 0 Å². The van der Waals surface area contributed by atoms with Crippen molar-refractivity contribution in [1.29, 1.82) is 0 Å². The Morgan fingerprint density at radius 1 is 1.09 bits per heavy atom. The Kier molecular flexibility index (Phi) is 14.7. The van der Waals surface area contributed by atoms with Crippen molar-refractivity contribution < 1.29 is 47.6 Å². The molecule has 0 aliphatic carbocycles. The zero-order valence-corrected chi connectivity index (χ0v) is 35.7. The molecule has 0 bridgehead atoms. The Balaban J connectivity index is 1.38. The predicted octanol–water partition coefficient (Wildman–Crippen LogP) is 3.94. The molecule has 1 amide bonds. The largest absolute Gasteiger partial charge is 0.455 e. The first-order valence-corrected chi connectivity index (χ1v) is 20.5. The lowest BCUT2D eigenvalue weighted by atomic mass is 9.83. The van der Waals surface area contributed by atoms with Crippen LogP contribution in [-0.4, -0.2) is 153 Å². The number of alkyl halides is 1. The van der Waals surface area contributed by atoms with E-state index in [2.05, 4.69) is 20.6 Å². The minimum atomic E-state index is -3.10. The molecule has 2 unspecified atom stereocenters. The summed E-state index contributed by atoms with van der Waals surface area (Å²) in [6, 6.07) is 4.26. The first-order chi connectivity index (χ1) is 27.3. The first kappa shape index (κ1) is 45.5. The number of halogens is 1. The van der Waals surface area contributed by atoms with Crippen LogP contribution in [0.5, 0.6) is 0 Å². The molecule has 58 heavy (non-hydrogen) atoms. The van der Waals surface area contributed by atoms with Crippen LogP contribution in [0.25, 0.3) is 11.4 Å². The molecule has 3 aliphatic rings. The quantitative estimate of drug-likeness (QED) is 0.189. The topological polar surface area (TPSA) is 180 Å². The monoisotopic (exact) mass is 817 g/mol. The van der Waals surface area contributed by atoms with Crippen molar-refractivity contribution >= 4 is 17.8 Å². The van der Waals surface area contributed by atoms with E-state index in [1.807, 2.05) is 64.2 Å². The van der Waals surface area contributed by atoms with Crippen molar-refractivity contribution in [3.05, 3.63) is 30.6 Å². The fraction of sp³-hybridized carbons (Fsp3) is 0.756. The average molecular weight is 818 g/mol. The number of nitrogens with one attached hydrogen (secondary N) is 1. The summed E-state index contributed by atoms with van der Waals surface area (Å²) in [5.41, 5.74) is -4.32. The fourth-order valence-corrected chi connectivity index (χ4v) is 8.73. The van der Waals surface area contributed by atoms with Crippen LogP contribution < -0.4 is 5.32 Å². The maximum Gasteiger partial charge on any atom is 0.410 e. The Labute approximate surface area is 341 Å². The highest BCUT2D eigenvalue weighted by molar-refractivity contribution is 6.07. The zero-order valence-electron chi connectivity index (χ0n) is 35.7. The highest BCUT2D eigenvalue weighted by Crippen LogP contribution is 2.40. The minimum absolute atomic E-state index is 0.0997. The molecule has 2 aromatic rings. The standard InChI is InChI=1S/C41H64FN7O9/c1-11-32-41(7)35(49(38(53)58-41)19-15-14-18-48-24-29(45-46-48)28-16-12-13-17-43-28)27(4)44-23-25(2)22-39(5,54-10)33(21-31(50)40(6,42)37(52)57-32)56-36-34(51)30(47(8)9)20-26(3)55-36/h12-13,16-17,24-27,30,32-36,44,51H,11,14-15,18-23H2,1-10H3/t25-,26-,27-,30?,32-,33-,34?,35-,36+,39-,40-,41-/m1/s1. The van der Waals surface area contributed by atoms with Gasteiger partial charge in [0.25, 0.3) is 5.67 Å². The number of amides is 1. The van der Waals surface area contributed by atoms with E-state index >= 15 is 4.39 Å². The molecule has 3 saturated heterocycles. The van der Waals surface area contributed by atoms with Gasteiger partial charge in [-0.15, -0.1) is 5.10 Å². The molecule has 17 heteroatoms. The summed E-state index contributed by atoms with van der Waals surface area (Å²) < 4.78 is 49.0. The minimum Gasteiger partial charge on any atom is -0.455 e. The van der Waals surface area contributed by atoms with Crippen molar-refractivity contribution in [1.82, 2.24) is 35.1 Å². The number of fused-ring (bicyclic) bond motifs is 1. The number of unbranched alkanes of at least 4 members (excludes halogenated alkanes) is 1. The maximum absolute atomic E-state index is 16.7. The van der Waals surface area contributed by atoms with E-state index in [1.165, 1.54) is 7.11 Å². The number of nitrogens with zero attached hydrogens (tertiary/aromatic N) is 6. The molecule has 2 aromatic heterocycles. The molecule has 3 aliphatic heterocycles. The van der Waals surface area contributed by atoms with Crippen LogP contribution >= 0.6 is 0 Å². The molecular weight excluding hydrogens is 753 g/mol. The number of esters is 1. The van der Waals surface area contributed by atoms with Crippen molar-refractivity contribution in [2.24, 2.45) is 5.92 Å². The molecule has 2 N–H and O–H groups in total. The number of hydrogen-bond acceptors (Lipinski definition) is 14. The van der Waals surface area contributed by atoms with E-state index in [-0.39, 0.29) is 30.5 Å². The second-order valence-electron chi connectivity index (χ2n) is 17.1. The van der Waals surface area contributed by atoms with Gasteiger partial charge in [0.05, 0.1) is 35.7 Å². The number of cyclic esters (lactones) is 1. The van der Waals surface area contributed by atoms with Gasteiger partial charge in [-0.3, -0.25) is 19.4 Å². The summed E-state index contributed by atoms with van der Waals surface area (Å²) in [5.74, 6) is -2.57. The Bertz CT molecular complexity index is 1700. The predicted molar refractivity (Wildman–Crippen MR) is 211 cm³/mol. The summed E-state index contributed by atoms with van der Waals surface area (Å²) in [4.78, 5) is 49.4. The van der Waals surface area contributed by atoms with Gasteiger partial charge in [0.2, 0.25) is 0 Å². The molecule has 0 saturated carbocycles. The third-order valence-corrected chi connectivity index (χ3v) is 12.2. The number of carbonyl (C=O) groups is 3. The molecule has 0 aromatic carbocycles. The smallest absolute Gasteiger partial charge is 0.410 e. The number of Topliss-reactive ketones (excluding diaryl/α,β-unsaturated/α-hetero) is 1. The third-order valence-electron chi connectivity index (χ3n) is 12.2. The molecule has 5 heterocycles. The van der Waals surface area contributed by atoms with Crippen molar-refractivity contribution in [2.45, 2.75) is 159 Å². The molecule has 5 rings (SSSR count). The number of hydrogen-bond donors (Lipinski definition) is 2. The molecule has 324 valence electrons. The lowest BCUT2D eigenvalue weighted by Gasteiger charge is -2.45. The molecule has 0 spiro atoms. The van der Waals surface area contributed by atoms with Crippen LogP contribution in [0.2, 0.25) is 0 Å². The number of aryl methyl sites for hydroxylation is 1. The number of aliphatic hydroxyl groups is 1. The van der Waals surface area contributed by atoms with Gasteiger partial charge >= 0.3 is 12.1 Å². The van der Waals surface area contributed by atoms with E-state index in [0.717, 1.165) is 12.6 Å². The van der Waals surface area contributed by atoms with Gasteiger partial charge in [-0.25, -0.2) is 14.0 Å².